The molecule has 0 unspecified atom stereocenters. The lowest BCUT2D eigenvalue weighted by Crippen LogP contribution is -2.43. The number of carbonyl (C=O) groups is 1. The molecule has 9 heteroatoms. The molecule has 1 heterocycles. The standard InChI is InChI=1S/C22H17ClF2N2O3S/c1-29-19-8-7-14(11-20(19)30-2)27-22(28)26(18-5-3-4-6-21(18)31-27)12-15-16(23)9-13(24)10-17(15)25/h3-11H,12H2,1-2H3. The van der Waals surface area contributed by atoms with Crippen molar-refractivity contribution in [2.24, 2.45) is 0 Å². The molecule has 0 bridgehead atoms. The Morgan fingerprint density at radius 3 is 2.45 bits per heavy atom. The highest BCUT2D eigenvalue weighted by Gasteiger charge is 2.33. The Hall–Kier alpha value is -2.97. The summed E-state index contributed by atoms with van der Waals surface area (Å²) < 4.78 is 40.0. The summed E-state index contributed by atoms with van der Waals surface area (Å²) in [4.78, 5) is 15.7. The highest BCUT2D eigenvalue weighted by atomic mass is 35.5. The van der Waals surface area contributed by atoms with Gasteiger partial charge in [0.1, 0.15) is 11.6 Å². The Bertz CT molecular complexity index is 1140. The van der Waals surface area contributed by atoms with Crippen molar-refractivity contribution in [1.82, 2.24) is 0 Å². The van der Waals surface area contributed by atoms with Crippen molar-refractivity contribution in [1.29, 1.82) is 0 Å². The molecule has 160 valence electrons. The number of rotatable bonds is 5. The highest BCUT2D eigenvalue weighted by Crippen LogP contribution is 2.44. The molecule has 0 spiro atoms. The maximum absolute atomic E-state index is 14.5. The summed E-state index contributed by atoms with van der Waals surface area (Å²) in [5.74, 6) is -0.602. The maximum atomic E-state index is 14.5. The van der Waals surface area contributed by atoms with Gasteiger partial charge in [-0.1, -0.05) is 23.7 Å². The van der Waals surface area contributed by atoms with Gasteiger partial charge < -0.3 is 9.47 Å². The lowest BCUT2D eigenvalue weighted by Gasteiger charge is -2.36. The molecule has 1 aliphatic heterocycles. The van der Waals surface area contributed by atoms with Crippen LogP contribution >= 0.6 is 23.5 Å². The second-order valence-electron chi connectivity index (χ2n) is 6.61. The van der Waals surface area contributed by atoms with Crippen molar-refractivity contribution in [2.45, 2.75) is 11.4 Å². The number of nitrogens with zero attached hydrogens (tertiary/aromatic N) is 2. The van der Waals surface area contributed by atoms with Gasteiger partial charge in [0, 0.05) is 17.7 Å². The summed E-state index contributed by atoms with van der Waals surface area (Å²) in [5, 5.41) is -0.0846. The van der Waals surface area contributed by atoms with Crippen LogP contribution in [0.1, 0.15) is 5.56 Å². The van der Waals surface area contributed by atoms with Crippen molar-refractivity contribution in [3.05, 3.63) is 76.8 Å². The number of carbonyl (C=O) groups excluding carboxylic acids is 1. The Morgan fingerprint density at radius 2 is 1.74 bits per heavy atom. The quantitative estimate of drug-likeness (QED) is 0.418. The topological polar surface area (TPSA) is 42.0 Å². The number of amides is 2. The van der Waals surface area contributed by atoms with Crippen molar-refractivity contribution >= 4 is 41.0 Å². The fourth-order valence-electron chi connectivity index (χ4n) is 3.26. The van der Waals surface area contributed by atoms with E-state index in [0.717, 1.165) is 17.0 Å². The van der Waals surface area contributed by atoms with Gasteiger partial charge in [-0.3, -0.25) is 4.90 Å². The summed E-state index contributed by atoms with van der Waals surface area (Å²) in [6.45, 7) is -0.162. The molecular weight excluding hydrogens is 446 g/mol. The summed E-state index contributed by atoms with van der Waals surface area (Å²) in [6.07, 6.45) is 0. The molecule has 0 atom stereocenters. The van der Waals surface area contributed by atoms with Crippen LogP contribution in [0.3, 0.4) is 0 Å². The van der Waals surface area contributed by atoms with E-state index < -0.39 is 17.7 Å². The van der Waals surface area contributed by atoms with E-state index >= 15 is 0 Å². The van der Waals surface area contributed by atoms with Crippen LogP contribution in [-0.2, 0) is 6.54 Å². The number of hydrogen-bond acceptors (Lipinski definition) is 4. The number of ether oxygens (including phenoxy) is 2. The number of hydrogen-bond donors (Lipinski definition) is 0. The summed E-state index contributed by atoms with van der Waals surface area (Å²) in [7, 11) is 3.03. The first-order valence-corrected chi connectivity index (χ1v) is 10.3. The van der Waals surface area contributed by atoms with Gasteiger partial charge >= 0.3 is 6.03 Å². The Labute approximate surface area is 187 Å². The number of anilines is 2. The van der Waals surface area contributed by atoms with Crippen LogP contribution in [0.25, 0.3) is 0 Å². The second-order valence-corrected chi connectivity index (χ2v) is 8.00. The van der Waals surface area contributed by atoms with Crippen molar-refractivity contribution in [2.75, 3.05) is 23.4 Å². The number of methoxy groups -OCH3 is 2. The van der Waals surface area contributed by atoms with Crippen molar-refractivity contribution in [3.8, 4) is 11.5 Å². The zero-order chi connectivity index (χ0) is 22.1. The third-order valence-electron chi connectivity index (χ3n) is 4.77. The van der Waals surface area contributed by atoms with Crippen LogP contribution in [-0.4, -0.2) is 20.3 Å². The predicted molar refractivity (Wildman–Crippen MR) is 117 cm³/mol. The number of fused-ring (bicyclic) bond motifs is 1. The van der Waals surface area contributed by atoms with Crippen LogP contribution in [0.15, 0.2) is 59.5 Å². The lowest BCUT2D eigenvalue weighted by atomic mass is 10.1. The zero-order valence-electron chi connectivity index (χ0n) is 16.6. The molecule has 31 heavy (non-hydrogen) atoms. The Kier molecular flexibility index (Phi) is 5.93. The van der Waals surface area contributed by atoms with E-state index in [2.05, 4.69) is 0 Å². The van der Waals surface area contributed by atoms with Gasteiger partial charge in [0.05, 0.1) is 42.1 Å². The minimum absolute atomic E-state index is 0.0328. The van der Waals surface area contributed by atoms with E-state index in [1.165, 1.54) is 35.4 Å². The fraction of sp³-hybridized carbons (Fsp3) is 0.136. The van der Waals surface area contributed by atoms with E-state index in [-0.39, 0.29) is 17.1 Å². The number of benzene rings is 3. The Balaban J connectivity index is 1.77. The molecule has 5 nitrogen and oxygen atoms in total. The first kappa shape index (κ1) is 21.3. The first-order valence-electron chi connectivity index (χ1n) is 9.17. The minimum Gasteiger partial charge on any atom is -0.493 e. The molecule has 0 aliphatic carbocycles. The van der Waals surface area contributed by atoms with E-state index in [0.29, 0.717) is 22.9 Å². The van der Waals surface area contributed by atoms with Crippen LogP contribution in [0.4, 0.5) is 25.0 Å². The van der Waals surface area contributed by atoms with E-state index in [4.69, 9.17) is 21.1 Å². The molecule has 0 N–H and O–H groups in total. The van der Waals surface area contributed by atoms with Crippen molar-refractivity contribution < 1.29 is 23.0 Å². The van der Waals surface area contributed by atoms with Gasteiger partial charge in [-0.15, -0.1) is 0 Å². The predicted octanol–water partition coefficient (Wildman–Crippen LogP) is 6.29. The monoisotopic (exact) mass is 462 g/mol. The molecular formula is C22H17ClF2N2O3S. The number of para-hydroxylation sites is 1. The SMILES string of the molecule is COc1ccc(N2Sc3ccccc3N(Cc3c(F)cc(F)cc3Cl)C2=O)cc1OC. The normalized spacial score (nSPS) is 13.3. The number of urea groups is 1. The van der Waals surface area contributed by atoms with E-state index in [1.807, 2.05) is 12.1 Å². The third kappa shape index (κ3) is 4.00. The molecule has 0 saturated heterocycles. The van der Waals surface area contributed by atoms with Gasteiger partial charge in [-0.2, -0.15) is 0 Å². The van der Waals surface area contributed by atoms with Gasteiger partial charge in [-0.25, -0.2) is 17.9 Å². The smallest absolute Gasteiger partial charge is 0.339 e. The van der Waals surface area contributed by atoms with Gasteiger partial charge in [0.25, 0.3) is 0 Å². The van der Waals surface area contributed by atoms with Gasteiger partial charge in [-0.05, 0) is 42.3 Å². The van der Waals surface area contributed by atoms with Crippen molar-refractivity contribution in [3.63, 3.8) is 0 Å². The summed E-state index contributed by atoms with van der Waals surface area (Å²) in [6, 6.07) is 13.7. The average Bonchev–Trinajstić information content (AvgIpc) is 2.76. The molecule has 0 aromatic heterocycles. The van der Waals surface area contributed by atoms with E-state index in [9.17, 15) is 13.6 Å². The highest BCUT2D eigenvalue weighted by molar-refractivity contribution is 8.01. The number of halogens is 3. The molecule has 0 saturated carbocycles. The second kappa shape index (κ2) is 8.64. The minimum atomic E-state index is -0.814. The van der Waals surface area contributed by atoms with Crippen LogP contribution in [0, 0.1) is 11.6 Å². The molecule has 3 aromatic rings. The largest absolute Gasteiger partial charge is 0.493 e. The van der Waals surface area contributed by atoms with E-state index in [1.54, 1.807) is 30.3 Å². The molecule has 1 aliphatic rings. The average molecular weight is 463 g/mol. The van der Waals surface area contributed by atoms with Gasteiger partial charge in [0.2, 0.25) is 0 Å². The van der Waals surface area contributed by atoms with Crippen LogP contribution in [0.5, 0.6) is 11.5 Å². The molecule has 4 rings (SSSR count). The van der Waals surface area contributed by atoms with Gasteiger partial charge in [0.15, 0.2) is 11.5 Å². The lowest BCUT2D eigenvalue weighted by molar-refractivity contribution is 0.254. The van der Waals surface area contributed by atoms with Crippen LogP contribution < -0.4 is 18.7 Å². The maximum Gasteiger partial charge on any atom is 0.339 e. The third-order valence-corrected chi connectivity index (χ3v) is 6.20. The Morgan fingerprint density at radius 1 is 1.00 bits per heavy atom. The summed E-state index contributed by atoms with van der Waals surface area (Å²) >= 11 is 7.32. The first-order chi connectivity index (χ1) is 14.9. The zero-order valence-corrected chi connectivity index (χ0v) is 18.1. The summed E-state index contributed by atoms with van der Waals surface area (Å²) in [5.41, 5.74) is 1.19. The fourth-order valence-corrected chi connectivity index (χ4v) is 4.51. The van der Waals surface area contributed by atoms with Crippen LogP contribution in [0.2, 0.25) is 5.02 Å². The molecule has 2 amide bonds. The molecule has 0 fully saturated rings. The molecule has 3 aromatic carbocycles. The molecule has 0 radical (unpaired) electrons.